The summed E-state index contributed by atoms with van der Waals surface area (Å²) in [5.74, 6) is 1.54. The van der Waals surface area contributed by atoms with E-state index in [-0.39, 0.29) is 11.5 Å². The van der Waals surface area contributed by atoms with E-state index in [0.29, 0.717) is 34.4 Å². The molecule has 3 heterocycles. The molecule has 25 heavy (non-hydrogen) atoms. The maximum absolute atomic E-state index is 13.3. The number of H-pyrrole nitrogens is 1. The minimum atomic E-state index is -0.228. The molecule has 1 N–H and O–H groups in total. The summed E-state index contributed by atoms with van der Waals surface area (Å²) in [5, 5.41) is 3.19. The molecule has 2 aromatic rings. The first-order valence-electron chi connectivity index (χ1n) is 9.15. The molecule has 130 valence electrons. The summed E-state index contributed by atoms with van der Waals surface area (Å²) in [6, 6.07) is 1.87. The fourth-order valence-corrected chi connectivity index (χ4v) is 4.39. The van der Waals surface area contributed by atoms with Crippen LogP contribution in [0.2, 0.25) is 0 Å². The SMILES string of the molecule is Cn1[nH]c(=O)c2c(C(=O)N3C[C@@H]4CC=CC[C@H]4C3)cc(C3CC3)nc21. The number of pyridine rings is 1. The Morgan fingerprint density at radius 2 is 1.88 bits per heavy atom. The van der Waals surface area contributed by atoms with Gasteiger partial charge in [-0.1, -0.05) is 12.2 Å². The molecule has 2 atom stereocenters. The first-order valence-corrected chi connectivity index (χ1v) is 9.15. The second kappa shape index (κ2) is 5.31. The summed E-state index contributed by atoms with van der Waals surface area (Å²) in [5.41, 5.74) is 1.84. The number of aromatic nitrogens is 3. The van der Waals surface area contributed by atoms with Crippen LogP contribution >= 0.6 is 0 Å². The lowest BCUT2D eigenvalue weighted by atomic mass is 9.86. The topological polar surface area (TPSA) is 71.0 Å². The molecule has 0 aromatic carbocycles. The smallest absolute Gasteiger partial charge is 0.274 e. The minimum absolute atomic E-state index is 0.0135. The number of amides is 1. The number of allylic oxidation sites excluding steroid dienone is 2. The van der Waals surface area contributed by atoms with Crippen LogP contribution in [0.25, 0.3) is 11.0 Å². The second-order valence-electron chi connectivity index (χ2n) is 7.74. The number of nitrogens with zero attached hydrogens (tertiary/aromatic N) is 3. The van der Waals surface area contributed by atoms with Gasteiger partial charge in [-0.05, 0) is 43.6 Å². The standard InChI is InChI=1S/C19H22N4O2/c1-22-17-16(18(24)21-22)14(8-15(20-17)11-6-7-11)19(25)23-9-12-4-2-3-5-13(12)10-23/h2-3,8,11-13H,4-7,9-10H2,1H3,(H,21,24)/t12-,13-/m0/s1. The van der Waals surface area contributed by atoms with Gasteiger partial charge in [0.05, 0.1) is 10.9 Å². The monoisotopic (exact) mass is 338 g/mol. The molecule has 2 fully saturated rings. The van der Waals surface area contributed by atoms with Crippen molar-refractivity contribution < 1.29 is 4.79 Å². The van der Waals surface area contributed by atoms with Gasteiger partial charge in [0.2, 0.25) is 0 Å². The van der Waals surface area contributed by atoms with Crippen LogP contribution in [0.15, 0.2) is 23.0 Å². The van der Waals surface area contributed by atoms with Gasteiger partial charge in [-0.3, -0.25) is 19.4 Å². The van der Waals surface area contributed by atoms with Gasteiger partial charge in [0.15, 0.2) is 5.65 Å². The molecule has 1 saturated heterocycles. The highest BCUT2D eigenvalue weighted by Crippen LogP contribution is 2.40. The van der Waals surface area contributed by atoms with Gasteiger partial charge < -0.3 is 4.90 Å². The first kappa shape index (κ1) is 14.9. The summed E-state index contributed by atoms with van der Waals surface area (Å²) < 4.78 is 1.63. The highest BCUT2D eigenvalue weighted by molar-refractivity contribution is 6.05. The predicted octanol–water partition coefficient (Wildman–Crippen LogP) is 2.18. The van der Waals surface area contributed by atoms with E-state index in [1.165, 1.54) is 0 Å². The van der Waals surface area contributed by atoms with Gasteiger partial charge in [0.25, 0.3) is 11.5 Å². The zero-order valence-corrected chi connectivity index (χ0v) is 14.4. The predicted molar refractivity (Wildman–Crippen MR) is 94.6 cm³/mol. The number of nitrogens with one attached hydrogen (secondary N) is 1. The summed E-state index contributed by atoms with van der Waals surface area (Å²) >= 11 is 0. The molecule has 0 unspecified atom stereocenters. The molecule has 0 radical (unpaired) electrons. The Labute approximate surface area is 145 Å². The zero-order chi connectivity index (χ0) is 17.1. The number of carbonyl (C=O) groups is 1. The fraction of sp³-hybridized carbons (Fsp3) is 0.526. The summed E-state index contributed by atoms with van der Waals surface area (Å²) in [4.78, 5) is 32.3. The molecule has 1 saturated carbocycles. The molecule has 2 aromatic heterocycles. The molecular weight excluding hydrogens is 316 g/mol. The highest BCUT2D eigenvalue weighted by Gasteiger charge is 2.37. The van der Waals surface area contributed by atoms with E-state index in [1.807, 2.05) is 11.0 Å². The first-order chi connectivity index (χ1) is 12.1. The lowest BCUT2D eigenvalue weighted by Gasteiger charge is -2.17. The number of carbonyl (C=O) groups excluding carboxylic acids is 1. The van der Waals surface area contributed by atoms with E-state index in [0.717, 1.165) is 44.5 Å². The molecule has 0 bridgehead atoms. The summed E-state index contributed by atoms with van der Waals surface area (Å²) in [7, 11) is 1.78. The number of hydrogen-bond donors (Lipinski definition) is 1. The van der Waals surface area contributed by atoms with Crippen LogP contribution in [-0.4, -0.2) is 38.7 Å². The Bertz CT molecular complexity index is 934. The summed E-state index contributed by atoms with van der Waals surface area (Å²) in [6.07, 6.45) is 8.80. The van der Waals surface area contributed by atoms with Crippen LogP contribution < -0.4 is 5.56 Å². The van der Waals surface area contributed by atoms with Crippen LogP contribution in [-0.2, 0) is 7.05 Å². The quantitative estimate of drug-likeness (QED) is 0.853. The van der Waals surface area contributed by atoms with Crippen molar-refractivity contribution in [3.05, 3.63) is 39.8 Å². The molecule has 2 aliphatic carbocycles. The fourth-order valence-electron chi connectivity index (χ4n) is 4.39. The number of hydrogen-bond acceptors (Lipinski definition) is 3. The van der Waals surface area contributed by atoms with Gasteiger partial charge in [0, 0.05) is 31.7 Å². The second-order valence-corrected chi connectivity index (χ2v) is 7.74. The van der Waals surface area contributed by atoms with Crippen LogP contribution in [0, 0.1) is 11.8 Å². The third kappa shape index (κ3) is 2.34. The third-order valence-corrected chi connectivity index (χ3v) is 5.97. The number of fused-ring (bicyclic) bond motifs is 2. The highest BCUT2D eigenvalue weighted by atomic mass is 16.2. The Morgan fingerprint density at radius 1 is 1.20 bits per heavy atom. The number of aryl methyl sites for hydroxylation is 1. The van der Waals surface area contributed by atoms with Crippen molar-refractivity contribution >= 4 is 16.9 Å². The lowest BCUT2D eigenvalue weighted by Crippen LogP contribution is -2.30. The summed E-state index contributed by atoms with van der Waals surface area (Å²) in [6.45, 7) is 1.59. The van der Waals surface area contributed by atoms with Gasteiger partial charge in [-0.2, -0.15) is 0 Å². The number of rotatable bonds is 2. The zero-order valence-electron chi connectivity index (χ0n) is 14.4. The van der Waals surface area contributed by atoms with E-state index in [2.05, 4.69) is 22.2 Å². The minimum Gasteiger partial charge on any atom is -0.338 e. The maximum Gasteiger partial charge on any atom is 0.274 e. The van der Waals surface area contributed by atoms with Gasteiger partial charge in [-0.25, -0.2) is 4.98 Å². The van der Waals surface area contributed by atoms with Crippen LogP contribution in [0.5, 0.6) is 0 Å². The Kier molecular flexibility index (Phi) is 3.17. The van der Waals surface area contributed by atoms with Crippen LogP contribution in [0.4, 0.5) is 0 Å². The molecule has 1 aliphatic heterocycles. The Morgan fingerprint density at radius 3 is 2.52 bits per heavy atom. The van der Waals surface area contributed by atoms with Gasteiger partial charge in [-0.15, -0.1) is 0 Å². The molecule has 1 amide bonds. The van der Waals surface area contributed by atoms with Crippen LogP contribution in [0.3, 0.4) is 0 Å². The van der Waals surface area contributed by atoms with Crippen molar-refractivity contribution in [3.8, 4) is 0 Å². The van der Waals surface area contributed by atoms with Crippen molar-refractivity contribution in [3.63, 3.8) is 0 Å². The molecule has 3 aliphatic rings. The van der Waals surface area contributed by atoms with Gasteiger partial charge >= 0.3 is 0 Å². The van der Waals surface area contributed by atoms with Crippen molar-refractivity contribution in [2.45, 2.75) is 31.6 Å². The molecule has 5 rings (SSSR count). The Balaban J connectivity index is 1.57. The third-order valence-electron chi connectivity index (χ3n) is 5.97. The van der Waals surface area contributed by atoms with Crippen molar-refractivity contribution in [1.82, 2.24) is 19.7 Å². The number of likely N-dealkylation sites (tertiary alicyclic amines) is 1. The normalized spacial score (nSPS) is 25.6. The largest absolute Gasteiger partial charge is 0.338 e. The Hall–Kier alpha value is -2.37. The average molecular weight is 338 g/mol. The average Bonchev–Trinajstić information content (AvgIpc) is 3.31. The lowest BCUT2D eigenvalue weighted by molar-refractivity contribution is 0.0786. The van der Waals surface area contributed by atoms with Crippen molar-refractivity contribution in [2.24, 2.45) is 18.9 Å². The van der Waals surface area contributed by atoms with Crippen molar-refractivity contribution in [2.75, 3.05) is 13.1 Å². The van der Waals surface area contributed by atoms with E-state index in [9.17, 15) is 9.59 Å². The van der Waals surface area contributed by atoms with Crippen molar-refractivity contribution in [1.29, 1.82) is 0 Å². The van der Waals surface area contributed by atoms with E-state index in [1.54, 1.807) is 11.7 Å². The molecule has 6 nitrogen and oxygen atoms in total. The maximum atomic E-state index is 13.3. The van der Waals surface area contributed by atoms with E-state index >= 15 is 0 Å². The molecule has 0 spiro atoms. The molecular formula is C19H22N4O2. The van der Waals surface area contributed by atoms with E-state index < -0.39 is 0 Å². The molecule has 6 heteroatoms. The van der Waals surface area contributed by atoms with Gasteiger partial charge in [0.1, 0.15) is 0 Å². The van der Waals surface area contributed by atoms with E-state index in [4.69, 9.17) is 0 Å². The van der Waals surface area contributed by atoms with Crippen LogP contribution in [0.1, 0.15) is 47.7 Å². The number of aromatic amines is 1.